The molecular weight excluding hydrogens is 765 g/mol. The van der Waals surface area contributed by atoms with Crippen molar-refractivity contribution in [3.63, 3.8) is 0 Å². The van der Waals surface area contributed by atoms with Gasteiger partial charge in [-0.15, -0.1) is 0 Å². The SMILES string of the molecule is CC/C=C\C/C=C\C/C=C\C/C=C\CCCCCOCC(COC(=O)CCCCCCCCC/C=C\C/C=C\CCCCC)OC(=O)CCCCC/C=C\C/C=C\C/C=C\CC. The van der Waals surface area contributed by atoms with Gasteiger partial charge in [0.05, 0.1) is 6.61 Å². The minimum atomic E-state index is -0.578. The van der Waals surface area contributed by atoms with Crippen molar-refractivity contribution in [1.29, 1.82) is 0 Å². The average Bonchev–Trinajstić information content (AvgIpc) is 3.27. The van der Waals surface area contributed by atoms with E-state index >= 15 is 0 Å². The second-order valence-corrected chi connectivity index (χ2v) is 16.3. The van der Waals surface area contributed by atoms with Crippen LogP contribution < -0.4 is 0 Å². The maximum absolute atomic E-state index is 12.8. The van der Waals surface area contributed by atoms with Crippen molar-refractivity contribution in [2.24, 2.45) is 0 Å². The van der Waals surface area contributed by atoms with E-state index in [0.717, 1.165) is 122 Å². The topological polar surface area (TPSA) is 61.8 Å². The summed E-state index contributed by atoms with van der Waals surface area (Å²) in [6.45, 7) is 7.45. The molecule has 0 aromatic rings. The van der Waals surface area contributed by atoms with Crippen LogP contribution in [0.25, 0.3) is 0 Å². The molecule has 0 aliphatic heterocycles. The van der Waals surface area contributed by atoms with Gasteiger partial charge in [-0.3, -0.25) is 9.59 Å². The van der Waals surface area contributed by atoms with Crippen molar-refractivity contribution in [3.05, 3.63) is 109 Å². The fourth-order valence-electron chi connectivity index (χ4n) is 6.54. The molecule has 5 nitrogen and oxygen atoms in total. The highest BCUT2D eigenvalue weighted by atomic mass is 16.6. The zero-order valence-electron chi connectivity index (χ0n) is 40.3. The molecule has 0 saturated carbocycles. The molecule has 0 bridgehead atoms. The largest absolute Gasteiger partial charge is 0.462 e. The fourth-order valence-corrected chi connectivity index (χ4v) is 6.54. The average molecular weight is 859 g/mol. The van der Waals surface area contributed by atoms with Crippen LogP contribution in [0.2, 0.25) is 0 Å². The molecule has 0 aromatic heterocycles. The molecule has 0 aromatic carbocycles. The number of esters is 2. The summed E-state index contributed by atoms with van der Waals surface area (Å²) in [6, 6.07) is 0. The van der Waals surface area contributed by atoms with Crippen LogP contribution in [0.1, 0.15) is 213 Å². The summed E-state index contributed by atoms with van der Waals surface area (Å²) in [4.78, 5) is 25.4. The van der Waals surface area contributed by atoms with Gasteiger partial charge in [0.15, 0.2) is 6.10 Å². The first-order chi connectivity index (χ1) is 30.6. The first-order valence-corrected chi connectivity index (χ1v) is 25.4. The molecule has 352 valence electrons. The molecule has 0 aliphatic carbocycles. The van der Waals surface area contributed by atoms with Crippen molar-refractivity contribution < 1.29 is 23.8 Å². The molecule has 1 unspecified atom stereocenters. The number of allylic oxidation sites excluding steroid dienone is 18. The van der Waals surface area contributed by atoms with Gasteiger partial charge in [-0.2, -0.15) is 0 Å². The number of carbonyl (C=O) groups excluding carboxylic acids is 2. The number of unbranched alkanes of at least 4 members (excludes halogenated alkanes) is 16. The number of carbonyl (C=O) groups is 2. The Morgan fingerprint density at radius 2 is 0.726 bits per heavy atom. The molecule has 5 heteroatoms. The predicted octanol–water partition coefficient (Wildman–Crippen LogP) is 17.2. The van der Waals surface area contributed by atoms with E-state index in [1.165, 1.54) is 57.8 Å². The van der Waals surface area contributed by atoms with Crippen molar-refractivity contribution in [2.75, 3.05) is 19.8 Å². The van der Waals surface area contributed by atoms with Gasteiger partial charge in [-0.1, -0.05) is 188 Å². The van der Waals surface area contributed by atoms with E-state index in [1.807, 2.05) is 0 Å². The number of hydrogen-bond donors (Lipinski definition) is 0. The summed E-state index contributed by atoms with van der Waals surface area (Å²) in [5.41, 5.74) is 0. The van der Waals surface area contributed by atoms with E-state index in [-0.39, 0.29) is 25.2 Å². The zero-order chi connectivity index (χ0) is 44.9. The Bertz CT molecular complexity index is 1250. The Balaban J connectivity index is 4.39. The monoisotopic (exact) mass is 859 g/mol. The second-order valence-electron chi connectivity index (χ2n) is 16.3. The lowest BCUT2D eigenvalue weighted by atomic mass is 10.1. The molecule has 0 spiro atoms. The predicted molar refractivity (Wildman–Crippen MR) is 269 cm³/mol. The van der Waals surface area contributed by atoms with Crippen LogP contribution in [0, 0.1) is 0 Å². The third-order valence-corrected chi connectivity index (χ3v) is 10.3. The molecule has 0 radical (unpaired) electrons. The summed E-state index contributed by atoms with van der Waals surface area (Å²) in [5.74, 6) is -0.465. The highest BCUT2D eigenvalue weighted by Gasteiger charge is 2.17. The van der Waals surface area contributed by atoms with Crippen LogP contribution in [-0.4, -0.2) is 37.9 Å². The lowest BCUT2D eigenvalue weighted by Gasteiger charge is -2.18. The summed E-state index contributed by atoms with van der Waals surface area (Å²) >= 11 is 0. The highest BCUT2D eigenvalue weighted by Crippen LogP contribution is 2.12. The minimum absolute atomic E-state index is 0.0498. The van der Waals surface area contributed by atoms with Gasteiger partial charge in [-0.25, -0.2) is 0 Å². The van der Waals surface area contributed by atoms with E-state index in [4.69, 9.17) is 14.2 Å². The third-order valence-electron chi connectivity index (χ3n) is 10.3. The van der Waals surface area contributed by atoms with Gasteiger partial charge in [0, 0.05) is 19.4 Å². The molecule has 0 aliphatic rings. The van der Waals surface area contributed by atoms with E-state index in [2.05, 4.69) is 130 Å². The fraction of sp³-hybridized carbons (Fsp3) is 0.649. The van der Waals surface area contributed by atoms with E-state index in [9.17, 15) is 9.59 Å². The first-order valence-electron chi connectivity index (χ1n) is 25.4. The molecule has 0 saturated heterocycles. The zero-order valence-corrected chi connectivity index (χ0v) is 40.3. The minimum Gasteiger partial charge on any atom is -0.462 e. The maximum atomic E-state index is 12.8. The number of rotatable bonds is 45. The van der Waals surface area contributed by atoms with Crippen molar-refractivity contribution in [3.8, 4) is 0 Å². The first kappa shape index (κ1) is 58.6. The third kappa shape index (κ3) is 49.2. The quantitative estimate of drug-likeness (QED) is 0.0347. The molecule has 1 atom stereocenters. The normalized spacial score (nSPS) is 13.1. The summed E-state index contributed by atoms with van der Waals surface area (Å²) in [7, 11) is 0. The number of hydrogen-bond acceptors (Lipinski definition) is 5. The Labute approximate surface area is 383 Å². The van der Waals surface area contributed by atoms with Gasteiger partial charge in [-0.05, 0) is 122 Å². The Morgan fingerprint density at radius 3 is 1.18 bits per heavy atom. The molecule has 0 N–H and O–H groups in total. The number of ether oxygens (including phenoxy) is 3. The lowest BCUT2D eigenvalue weighted by Crippen LogP contribution is -2.30. The Hall–Kier alpha value is -3.44. The molecule has 62 heavy (non-hydrogen) atoms. The van der Waals surface area contributed by atoms with Crippen LogP contribution >= 0.6 is 0 Å². The highest BCUT2D eigenvalue weighted by molar-refractivity contribution is 5.70. The van der Waals surface area contributed by atoms with E-state index < -0.39 is 6.10 Å². The van der Waals surface area contributed by atoms with Crippen molar-refractivity contribution >= 4 is 11.9 Å². The second kappa shape index (κ2) is 51.9. The Kier molecular flexibility index (Phi) is 49.0. The lowest BCUT2D eigenvalue weighted by molar-refractivity contribution is -0.163. The van der Waals surface area contributed by atoms with Crippen LogP contribution in [0.3, 0.4) is 0 Å². The van der Waals surface area contributed by atoms with Crippen molar-refractivity contribution in [1.82, 2.24) is 0 Å². The van der Waals surface area contributed by atoms with Gasteiger partial charge in [0.1, 0.15) is 6.61 Å². The van der Waals surface area contributed by atoms with Gasteiger partial charge < -0.3 is 14.2 Å². The molecule has 0 heterocycles. The van der Waals surface area contributed by atoms with Crippen LogP contribution in [-0.2, 0) is 23.8 Å². The maximum Gasteiger partial charge on any atom is 0.306 e. The summed E-state index contributed by atoms with van der Waals surface area (Å²) in [6.07, 6.45) is 71.0. The molecule has 0 amide bonds. The summed E-state index contributed by atoms with van der Waals surface area (Å²) < 4.78 is 17.3. The van der Waals surface area contributed by atoms with E-state index in [1.54, 1.807) is 0 Å². The van der Waals surface area contributed by atoms with Crippen molar-refractivity contribution in [2.45, 2.75) is 219 Å². The van der Waals surface area contributed by atoms with Crippen LogP contribution in [0.5, 0.6) is 0 Å². The van der Waals surface area contributed by atoms with Gasteiger partial charge >= 0.3 is 11.9 Å². The van der Waals surface area contributed by atoms with Gasteiger partial charge in [0.25, 0.3) is 0 Å². The van der Waals surface area contributed by atoms with E-state index in [0.29, 0.717) is 19.4 Å². The smallest absolute Gasteiger partial charge is 0.306 e. The van der Waals surface area contributed by atoms with Crippen LogP contribution in [0.15, 0.2) is 109 Å². The molecule has 0 fully saturated rings. The molecular formula is C57H94O5. The standard InChI is InChI=1S/C57H94O5/c1-4-7-10-13-16-19-22-25-27-29-30-33-35-38-41-44-47-50-56(58)61-54-55(62-57(59)51-48-45-42-39-36-32-24-21-18-15-12-9-6-3)53-60-52-49-46-43-40-37-34-31-28-26-23-20-17-14-11-8-5-2/h8-9,11-12,16-21,25-28,32,34,36-37,55H,4-7,10,13-15,22-24,29-31,33,35,38-54H2,1-3H3/b11-8-,12-9-,19-16-,20-17-,21-18-,27-25-,28-26-,36-32-,37-34-. The van der Waals surface area contributed by atoms with Gasteiger partial charge in [0.2, 0.25) is 0 Å². The summed E-state index contributed by atoms with van der Waals surface area (Å²) in [5, 5.41) is 0. The molecule has 0 rings (SSSR count). The Morgan fingerprint density at radius 1 is 0.371 bits per heavy atom. The van der Waals surface area contributed by atoms with Crippen LogP contribution in [0.4, 0.5) is 0 Å².